The van der Waals surface area contributed by atoms with Crippen LogP contribution in [0.2, 0.25) is 0 Å². The molecule has 0 aromatic rings. The predicted octanol–water partition coefficient (Wildman–Crippen LogP) is 1.22. The molecule has 1 nitrogen and oxygen atoms in total. The third-order valence-corrected chi connectivity index (χ3v) is 1.54. The molecule has 0 radical (unpaired) electrons. The largest absolute Gasteiger partial charge is 0.297 e. The number of alkyl halides is 1. The van der Waals surface area contributed by atoms with E-state index in [1.807, 2.05) is 0 Å². The summed E-state index contributed by atoms with van der Waals surface area (Å²) in [7, 11) is 0. The molecular formula is C7H12FN. The highest BCUT2D eigenvalue weighted by molar-refractivity contribution is 4.90. The van der Waals surface area contributed by atoms with Crippen molar-refractivity contribution in [2.24, 2.45) is 0 Å². The Balaban J connectivity index is 2.18. The number of hydrogen-bond acceptors (Lipinski definition) is 1. The zero-order valence-corrected chi connectivity index (χ0v) is 5.52. The normalized spacial score (nSPS) is 20.6. The fourth-order valence-corrected chi connectivity index (χ4v) is 1.01. The van der Waals surface area contributed by atoms with Crippen LogP contribution in [-0.4, -0.2) is 31.2 Å². The summed E-state index contributed by atoms with van der Waals surface area (Å²) in [6.07, 6.45) is 5.33. The van der Waals surface area contributed by atoms with E-state index < -0.39 is 0 Å². The fraction of sp³-hybridized carbons (Fsp3) is 0.714. The smallest absolute Gasteiger partial charge is 0.102 e. The van der Waals surface area contributed by atoms with Gasteiger partial charge < -0.3 is 0 Å². The Morgan fingerprint density at radius 2 is 2.33 bits per heavy atom. The Hall–Kier alpha value is -0.370. The summed E-state index contributed by atoms with van der Waals surface area (Å²) in [5, 5.41) is 0. The first kappa shape index (κ1) is 6.75. The molecule has 0 aromatic carbocycles. The lowest BCUT2D eigenvalue weighted by atomic mass is 10.2. The molecule has 0 fully saturated rings. The quantitative estimate of drug-likeness (QED) is 0.507. The van der Waals surface area contributed by atoms with Gasteiger partial charge in [-0.25, -0.2) is 4.39 Å². The topological polar surface area (TPSA) is 3.24 Å². The summed E-state index contributed by atoms with van der Waals surface area (Å²) in [6, 6.07) is 0. The maximum Gasteiger partial charge on any atom is 0.102 e. The predicted molar refractivity (Wildman–Crippen MR) is 36.2 cm³/mol. The van der Waals surface area contributed by atoms with Crippen LogP contribution in [0, 0.1) is 0 Å². The molecule has 0 aromatic heterocycles. The minimum atomic E-state index is -0.214. The molecule has 1 aliphatic rings. The van der Waals surface area contributed by atoms with Crippen LogP contribution >= 0.6 is 0 Å². The van der Waals surface area contributed by atoms with Gasteiger partial charge in [-0.15, -0.1) is 0 Å². The van der Waals surface area contributed by atoms with E-state index in [9.17, 15) is 4.39 Å². The maximum absolute atomic E-state index is 11.7. The molecule has 0 amide bonds. The van der Waals surface area contributed by atoms with Crippen molar-refractivity contribution in [1.82, 2.24) is 4.90 Å². The van der Waals surface area contributed by atoms with Crippen LogP contribution in [0.5, 0.6) is 0 Å². The van der Waals surface area contributed by atoms with Gasteiger partial charge in [0.25, 0.3) is 0 Å². The molecule has 2 heteroatoms. The van der Waals surface area contributed by atoms with E-state index in [1.54, 1.807) is 0 Å². The summed E-state index contributed by atoms with van der Waals surface area (Å²) in [6.45, 7) is 2.35. The number of hydrogen-bond donors (Lipinski definition) is 0. The second-order valence-corrected chi connectivity index (χ2v) is 2.25. The van der Waals surface area contributed by atoms with Gasteiger partial charge in [-0.05, 0) is 6.42 Å². The number of halogens is 1. The summed E-state index contributed by atoms with van der Waals surface area (Å²) in [5.74, 6) is 0. The van der Waals surface area contributed by atoms with E-state index in [-0.39, 0.29) is 6.67 Å². The van der Waals surface area contributed by atoms with Crippen LogP contribution in [0.15, 0.2) is 12.2 Å². The third-order valence-electron chi connectivity index (χ3n) is 1.54. The van der Waals surface area contributed by atoms with Gasteiger partial charge in [0.2, 0.25) is 0 Å². The average Bonchev–Trinajstić information content (AvgIpc) is 1.91. The molecule has 0 spiro atoms. The molecule has 0 saturated heterocycles. The molecule has 1 heterocycles. The lowest BCUT2D eigenvalue weighted by Crippen LogP contribution is -2.29. The van der Waals surface area contributed by atoms with Crippen molar-refractivity contribution in [2.75, 3.05) is 26.3 Å². The molecule has 0 atom stereocenters. The fourth-order valence-electron chi connectivity index (χ4n) is 1.01. The van der Waals surface area contributed by atoms with E-state index in [1.165, 1.54) is 0 Å². The van der Waals surface area contributed by atoms with Gasteiger partial charge in [-0.3, -0.25) is 4.90 Å². The SMILES string of the molecule is FCCN1CC=CCC1. The molecule has 0 saturated carbocycles. The number of rotatable bonds is 2. The lowest BCUT2D eigenvalue weighted by Gasteiger charge is -2.20. The van der Waals surface area contributed by atoms with Crippen molar-refractivity contribution >= 4 is 0 Å². The van der Waals surface area contributed by atoms with Crippen LogP contribution < -0.4 is 0 Å². The van der Waals surface area contributed by atoms with Crippen LogP contribution in [0.3, 0.4) is 0 Å². The molecule has 52 valence electrons. The summed E-state index contributed by atoms with van der Waals surface area (Å²) >= 11 is 0. The standard InChI is InChI=1S/C7H12FN/c8-4-7-9-5-2-1-3-6-9/h1-2H,3-7H2. The Labute approximate surface area is 55.2 Å². The highest BCUT2D eigenvalue weighted by Crippen LogP contribution is 1.99. The Morgan fingerprint density at radius 3 is 2.89 bits per heavy atom. The number of nitrogens with zero attached hydrogens (tertiary/aromatic N) is 1. The van der Waals surface area contributed by atoms with E-state index in [4.69, 9.17) is 0 Å². The Morgan fingerprint density at radius 1 is 1.44 bits per heavy atom. The second-order valence-electron chi connectivity index (χ2n) is 2.25. The average molecular weight is 129 g/mol. The van der Waals surface area contributed by atoms with Crippen LogP contribution in [-0.2, 0) is 0 Å². The third kappa shape index (κ3) is 2.14. The first-order chi connectivity index (χ1) is 4.43. The first-order valence-corrected chi connectivity index (χ1v) is 3.37. The molecule has 0 bridgehead atoms. The van der Waals surface area contributed by atoms with Gasteiger partial charge >= 0.3 is 0 Å². The van der Waals surface area contributed by atoms with Gasteiger partial charge in [-0.1, -0.05) is 12.2 Å². The molecule has 1 rings (SSSR count). The molecule has 0 N–H and O–H groups in total. The monoisotopic (exact) mass is 129 g/mol. The van der Waals surface area contributed by atoms with Gasteiger partial charge in [-0.2, -0.15) is 0 Å². The van der Waals surface area contributed by atoms with Crippen LogP contribution in [0.1, 0.15) is 6.42 Å². The second kappa shape index (κ2) is 3.62. The first-order valence-electron chi connectivity index (χ1n) is 3.37. The molecule has 0 unspecified atom stereocenters. The lowest BCUT2D eigenvalue weighted by molar-refractivity contribution is 0.268. The van der Waals surface area contributed by atoms with Crippen molar-refractivity contribution in [3.05, 3.63) is 12.2 Å². The van der Waals surface area contributed by atoms with Crippen molar-refractivity contribution in [3.63, 3.8) is 0 Å². The summed E-state index contributed by atoms with van der Waals surface area (Å²) in [4.78, 5) is 2.11. The Kier molecular flexibility index (Phi) is 2.71. The van der Waals surface area contributed by atoms with Crippen molar-refractivity contribution in [2.45, 2.75) is 6.42 Å². The van der Waals surface area contributed by atoms with Crippen LogP contribution in [0.25, 0.3) is 0 Å². The molecule has 1 aliphatic heterocycles. The Bertz CT molecular complexity index is 101. The van der Waals surface area contributed by atoms with E-state index in [2.05, 4.69) is 17.1 Å². The maximum atomic E-state index is 11.7. The van der Waals surface area contributed by atoms with Crippen molar-refractivity contribution < 1.29 is 4.39 Å². The highest BCUT2D eigenvalue weighted by atomic mass is 19.1. The molecule has 9 heavy (non-hydrogen) atoms. The minimum Gasteiger partial charge on any atom is -0.297 e. The zero-order chi connectivity index (χ0) is 6.53. The van der Waals surface area contributed by atoms with Gasteiger partial charge in [0.15, 0.2) is 0 Å². The van der Waals surface area contributed by atoms with Gasteiger partial charge in [0.05, 0.1) is 0 Å². The van der Waals surface area contributed by atoms with Crippen LogP contribution in [0.4, 0.5) is 4.39 Å². The summed E-state index contributed by atoms with van der Waals surface area (Å²) in [5.41, 5.74) is 0. The molecular weight excluding hydrogens is 117 g/mol. The van der Waals surface area contributed by atoms with E-state index in [0.29, 0.717) is 6.54 Å². The van der Waals surface area contributed by atoms with Gasteiger partial charge in [0.1, 0.15) is 6.67 Å². The minimum absolute atomic E-state index is 0.214. The molecule has 0 aliphatic carbocycles. The van der Waals surface area contributed by atoms with Gasteiger partial charge in [0, 0.05) is 19.6 Å². The zero-order valence-electron chi connectivity index (χ0n) is 5.52. The summed E-state index contributed by atoms with van der Waals surface area (Å²) < 4.78 is 11.7. The van der Waals surface area contributed by atoms with Crippen molar-refractivity contribution in [3.8, 4) is 0 Å². The van der Waals surface area contributed by atoms with Crippen molar-refractivity contribution in [1.29, 1.82) is 0 Å². The van der Waals surface area contributed by atoms with E-state index in [0.717, 1.165) is 19.5 Å². The van der Waals surface area contributed by atoms with E-state index >= 15 is 0 Å². The highest BCUT2D eigenvalue weighted by Gasteiger charge is 2.03.